The molecule has 1 aromatic carbocycles. The van der Waals surface area contributed by atoms with Crippen molar-refractivity contribution in [1.82, 2.24) is 8.87 Å². The Balaban J connectivity index is 2.15. The smallest absolute Gasteiger partial charge is 0.354 e. The van der Waals surface area contributed by atoms with Gasteiger partial charge in [-0.1, -0.05) is 17.7 Å². The van der Waals surface area contributed by atoms with E-state index in [-0.39, 0.29) is 17.1 Å². The minimum Gasteiger partial charge on any atom is -0.464 e. The Morgan fingerprint density at radius 3 is 2.48 bits per heavy atom. The molecular formula is C18H23N3O5S. The predicted molar refractivity (Wildman–Crippen MR) is 101 cm³/mol. The molecule has 0 unspecified atom stereocenters. The highest BCUT2D eigenvalue weighted by Gasteiger charge is 2.26. The van der Waals surface area contributed by atoms with Gasteiger partial charge in [0.25, 0.3) is 0 Å². The standard InChI is InChI=1S/C18H23N3O5S/c1-12-6-7-15(13(2)8-12)19-17(22)11-21(4)27(24,25)14-9-16(18(23)26-5)20(3)10-14/h6-10H,11H2,1-5H3,(H,19,22). The number of likely N-dealkylation sites (N-methyl/N-ethyl adjacent to an activating group) is 1. The minimum atomic E-state index is -3.94. The number of amides is 1. The van der Waals surface area contributed by atoms with Crippen molar-refractivity contribution in [3.05, 3.63) is 47.3 Å². The van der Waals surface area contributed by atoms with Gasteiger partial charge >= 0.3 is 5.97 Å². The summed E-state index contributed by atoms with van der Waals surface area (Å²) in [6.07, 6.45) is 1.31. The molecule has 1 heterocycles. The highest BCUT2D eigenvalue weighted by molar-refractivity contribution is 7.89. The quantitative estimate of drug-likeness (QED) is 0.753. The van der Waals surface area contributed by atoms with Crippen LogP contribution in [0.1, 0.15) is 21.6 Å². The lowest BCUT2D eigenvalue weighted by Gasteiger charge is -2.16. The first-order valence-corrected chi connectivity index (χ1v) is 9.58. The number of hydrogen-bond acceptors (Lipinski definition) is 5. The maximum absolute atomic E-state index is 12.7. The molecule has 0 aliphatic rings. The summed E-state index contributed by atoms with van der Waals surface area (Å²) in [4.78, 5) is 23.8. The molecule has 0 aliphatic heterocycles. The lowest BCUT2D eigenvalue weighted by Crippen LogP contribution is -2.35. The van der Waals surface area contributed by atoms with Crippen molar-refractivity contribution in [2.24, 2.45) is 7.05 Å². The van der Waals surface area contributed by atoms with E-state index < -0.39 is 21.9 Å². The van der Waals surface area contributed by atoms with Gasteiger partial charge in [0, 0.05) is 26.0 Å². The van der Waals surface area contributed by atoms with Crippen LogP contribution in [0.25, 0.3) is 0 Å². The third-order valence-electron chi connectivity index (χ3n) is 4.10. The molecule has 2 aromatic rings. The summed E-state index contributed by atoms with van der Waals surface area (Å²) in [6.45, 7) is 3.45. The topological polar surface area (TPSA) is 97.7 Å². The highest BCUT2D eigenvalue weighted by atomic mass is 32.2. The molecule has 0 aliphatic carbocycles. The molecule has 0 fully saturated rings. The molecule has 27 heavy (non-hydrogen) atoms. The van der Waals surface area contributed by atoms with Gasteiger partial charge in [0.1, 0.15) is 10.6 Å². The SMILES string of the molecule is COC(=O)c1cc(S(=O)(=O)N(C)CC(=O)Nc2ccc(C)cc2C)cn1C. The van der Waals surface area contributed by atoms with Gasteiger partial charge in [0.05, 0.1) is 13.7 Å². The molecule has 1 N–H and O–H groups in total. The first-order chi connectivity index (χ1) is 12.6. The summed E-state index contributed by atoms with van der Waals surface area (Å²) in [5.74, 6) is -1.11. The van der Waals surface area contributed by atoms with Gasteiger partial charge < -0.3 is 14.6 Å². The number of methoxy groups -OCH3 is 1. The number of ether oxygens (including phenoxy) is 1. The zero-order valence-corrected chi connectivity index (χ0v) is 16.8. The Hall–Kier alpha value is -2.65. The average Bonchev–Trinajstić information content (AvgIpc) is 2.99. The van der Waals surface area contributed by atoms with E-state index in [4.69, 9.17) is 0 Å². The third kappa shape index (κ3) is 4.55. The molecule has 0 atom stereocenters. The molecule has 0 saturated heterocycles. The molecule has 0 saturated carbocycles. The van der Waals surface area contributed by atoms with Crippen molar-refractivity contribution in [3.63, 3.8) is 0 Å². The van der Waals surface area contributed by atoms with Crippen molar-refractivity contribution in [2.45, 2.75) is 18.7 Å². The minimum absolute atomic E-state index is 0.0905. The summed E-state index contributed by atoms with van der Waals surface area (Å²) in [5, 5.41) is 2.71. The normalized spacial score (nSPS) is 11.5. The molecule has 0 spiro atoms. The summed E-state index contributed by atoms with van der Waals surface area (Å²) in [7, 11) is 0.120. The number of carbonyl (C=O) groups is 2. The van der Waals surface area contributed by atoms with Gasteiger partial charge in [-0.2, -0.15) is 4.31 Å². The van der Waals surface area contributed by atoms with Crippen molar-refractivity contribution >= 4 is 27.6 Å². The van der Waals surface area contributed by atoms with Gasteiger partial charge in [-0.3, -0.25) is 4.79 Å². The van der Waals surface area contributed by atoms with Crippen LogP contribution in [-0.4, -0.2) is 49.9 Å². The lowest BCUT2D eigenvalue weighted by atomic mass is 10.1. The van der Waals surface area contributed by atoms with E-state index in [0.717, 1.165) is 15.4 Å². The summed E-state index contributed by atoms with van der Waals surface area (Å²) in [6, 6.07) is 6.78. The van der Waals surface area contributed by atoms with E-state index in [1.807, 2.05) is 26.0 Å². The number of aryl methyl sites for hydroxylation is 3. The number of carbonyl (C=O) groups excluding carboxylic acids is 2. The number of esters is 1. The fourth-order valence-corrected chi connectivity index (χ4v) is 3.79. The largest absolute Gasteiger partial charge is 0.464 e. The second kappa shape index (κ2) is 7.93. The number of benzene rings is 1. The monoisotopic (exact) mass is 393 g/mol. The maximum atomic E-state index is 12.7. The first-order valence-electron chi connectivity index (χ1n) is 8.14. The summed E-state index contributed by atoms with van der Waals surface area (Å²) in [5.41, 5.74) is 2.68. The van der Waals surface area contributed by atoms with Crippen molar-refractivity contribution in [2.75, 3.05) is 26.0 Å². The van der Waals surface area contributed by atoms with Crippen molar-refractivity contribution < 1.29 is 22.7 Å². The van der Waals surface area contributed by atoms with E-state index >= 15 is 0 Å². The molecule has 2 rings (SSSR count). The van der Waals surface area contributed by atoms with E-state index in [0.29, 0.717) is 5.69 Å². The van der Waals surface area contributed by atoms with Gasteiger partial charge in [-0.25, -0.2) is 13.2 Å². The number of hydrogen-bond donors (Lipinski definition) is 1. The van der Waals surface area contributed by atoms with Crippen LogP contribution < -0.4 is 5.32 Å². The zero-order chi connectivity index (χ0) is 20.4. The van der Waals surface area contributed by atoms with Crippen LogP contribution in [0.5, 0.6) is 0 Å². The number of aromatic nitrogens is 1. The fourth-order valence-electron chi connectivity index (χ4n) is 2.59. The number of nitrogens with one attached hydrogen (secondary N) is 1. The van der Waals surface area contributed by atoms with Crippen LogP contribution in [-0.2, 0) is 26.6 Å². The van der Waals surface area contributed by atoms with Crippen LogP contribution >= 0.6 is 0 Å². The summed E-state index contributed by atoms with van der Waals surface area (Å²) < 4.78 is 32.3. The molecule has 1 amide bonds. The van der Waals surface area contributed by atoms with Crippen LogP contribution in [0.4, 0.5) is 5.69 Å². The van der Waals surface area contributed by atoms with Gasteiger partial charge in [0.15, 0.2) is 0 Å². The van der Waals surface area contributed by atoms with E-state index in [1.165, 1.54) is 38.0 Å². The molecule has 1 aromatic heterocycles. The number of sulfonamides is 1. The molecular weight excluding hydrogens is 370 g/mol. The van der Waals surface area contributed by atoms with Gasteiger partial charge in [-0.15, -0.1) is 0 Å². The Morgan fingerprint density at radius 2 is 1.89 bits per heavy atom. The van der Waals surface area contributed by atoms with Crippen LogP contribution in [0.2, 0.25) is 0 Å². The molecule has 9 heteroatoms. The second-order valence-electron chi connectivity index (χ2n) is 6.29. The van der Waals surface area contributed by atoms with Crippen LogP contribution in [0.3, 0.4) is 0 Å². The molecule has 146 valence electrons. The van der Waals surface area contributed by atoms with Crippen LogP contribution in [0, 0.1) is 13.8 Å². The number of nitrogens with zero attached hydrogens (tertiary/aromatic N) is 2. The Morgan fingerprint density at radius 1 is 1.22 bits per heavy atom. The predicted octanol–water partition coefficient (Wildman–Crippen LogP) is 1.69. The fraction of sp³-hybridized carbons (Fsp3) is 0.333. The zero-order valence-electron chi connectivity index (χ0n) is 15.9. The first kappa shape index (κ1) is 20.7. The van der Waals surface area contributed by atoms with E-state index in [1.54, 1.807) is 6.07 Å². The lowest BCUT2D eigenvalue weighted by molar-refractivity contribution is -0.116. The van der Waals surface area contributed by atoms with Gasteiger partial charge in [0.2, 0.25) is 15.9 Å². The Labute approximate surface area is 158 Å². The van der Waals surface area contributed by atoms with Crippen LogP contribution in [0.15, 0.2) is 35.4 Å². The third-order valence-corrected chi connectivity index (χ3v) is 5.87. The average molecular weight is 393 g/mol. The van der Waals surface area contributed by atoms with Gasteiger partial charge in [-0.05, 0) is 31.5 Å². The Bertz CT molecular complexity index is 979. The summed E-state index contributed by atoms with van der Waals surface area (Å²) >= 11 is 0. The second-order valence-corrected chi connectivity index (χ2v) is 8.34. The molecule has 0 bridgehead atoms. The number of anilines is 1. The Kier molecular flexibility index (Phi) is 6.07. The number of rotatable bonds is 6. The molecule has 0 radical (unpaired) electrons. The van der Waals surface area contributed by atoms with E-state index in [2.05, 4.69) is 10.1 Å². The maximum Gasteiger partial charge on any atom is 0.354 e. The van der Waals surface area contributed by atoms with Crippen molar-refractivity contribution in [3.8, 4) is 0 Å². The van der Waals surface area contributed by atoms with E-state index in [9.17, 15) is 18.0 Å². The molecule has 8 nitrogen and oxygen atoms in total. The van der Waals surface area contributed by atoms with Crippen molar-refractivity contribution in [1.29, 1.82) is 0 Å². The highest BCUT2D eigenvalue weighted by Crippen LogP contribution is 2.19.